The van der Waals surface area contributed by atoms with Crippen LogP contribution in [0.2, 0.25) is 0 Å². The summed E-state index contributed by atoms with van der Waals surface area (Å²) >= 11 is 0. The van der Waals surface area contributed by atoms with Crippen molar-refractivity contribution in [1.82, 2.24) is 9.80 Å². The molecule has 19 heavy (non-hydrogen) atoms. The Balaban J connectivity index is 1.98. The summed E-state index contributed by atoms with van der Waals surface area (Å²) in [5.74, 6) is 0. The van der Waals surface area contributed by atoms with Crippen molar-refractivity contribution in [2.45, 2.75) is 31.8 Å². The Hall–Kier alpha value is -0.900. The average molecular weight is 261 g/mol. The van der Waals surface area contributed by atoms with Crippen LogP contribution in [-0.4, -0.2) is 49.1 Å². The van der Waals surface area contributed by atoms with Crippen molar-refractivity contribution in [3.05, 3.63) is 35.9 Å². The average Bonchev–Trinajstić information content (AvgIpc) is 2.41. The third kappa shape index (κ3) is 4.30. The summed E-state index contributed by atoms with van der Waals surface area (Å²) < 4.78 is 0. The summed E-state index contributed by atoms with van der Waals surface area (Å²) in [7, 11) is 2.22. The highest BCUT2D eigenvalue weighted by molar-refractivity contribution is 5.20. The van der Waals surface area contributed by atoms with Crippen molar-refractivity contribution in [2.75, 3.05) is 33.2 Å². The number of nitrogens with two attached hydrogens (primary N) is 1. The summed E-state index contributed by atoms with van der Waals surface area (Å²) in [6, 6.07) is 11.7. The smallest absolute Gasteiger partial charge is 0.0475 e. The molecular formula is C16H27N3. The molecule has 0 amide bonds. The Labute approximate surface area is 117 Å². The van der Waals surface area contributed by atoms with Gasteiger partial charge in [-0.3, -0.25) is 4.90 Å². The standard InChI is InChI=1S/C16H27N3/c1-14(17)7-6-10-19-12-11-18(2)13-16(19)15-8-4-3-5-9-15/h3-5,8-9,14,16H,6-7,10-13,17H2,1-2H3. The zero-order valence-electron chi connectivity index (χ0n) is 12.3. The van der Waals surface area contributed by atoms with Gasteiger partial charge in [-0.2, -0.15) is 0 Å². The van der Waals surface area contributed by atoms with Crippen molar-refractivity contribution in [1.29, 1.82) is 0 Å². The van der Waals surface area contributed by atoms with Crippen LogP contribution in [0.15, 0.2) is 30.3 Å². The van der Waals surface area contributed by atoms with Crippen LogP contribution in [0.1, 0.15) is 31.4 Å². The fraction of sp³-hybridized carbons (Fsp3) is 0.625. The van der Waals surface area contributed by atoms with Gasteiger partial charge in [0.1, 0.15) is 0 Å². The molecule has 0 spiro atoms. The van der Waals surface area contributed by atoms with Gasteiger partial charge in [0.05, 0.1) is 0 Å². The lowest BCUT2D eigenvalue weighted by molar-refractivity contribution is 0.0879. The number of likely N-dealkylation sites (N-methyl/N-ethyl adjacent to an activating group) is 1. The largest absolute Gasteiger partial charge is 0.328 e. The Morgan fingerprint density at radius 3 is 2.68 bits per heavy atom. The summed E-state index contributed by atoms with van der Waals surface area (Å²) in [5, 5.41) is 0. The molecule has 0 aromatic heterocycles. The third-order valence-electron chi connectivity index (χ3n) is 3.98. The molecule has 2 rings (SSSR count). The predicted molar refractivity (Wildman–Crippen MR) is 81.1 cm³/mol. The molecule has 1 aliphatic heterocycles. The van der Waals surface area contributed by atoms with Crippen molar-refractivity contribution in [3.8, 4) is 0 Å². The van der Waals surface area contributed by atoms with Crippen molar-refractivity contribution < 1.29 is 0 Å². The third-order valence-corrected chi connectivity index (χ3v) is 3.98. The van der Waals surface area contributed by atoms with Gasteiger partial charge in [-0.1, -0.05) is 30.3 Å². The quantitative estimate of drug-likeness (QED) is 0.881. The molecule has 0 radical (unpaired) electrons. The number of nitrogens with zero attached hydrogens (tertiary/aromatic N) is 2. The van der Waals surface area contributed by atoms with E-state index < -0.39 is 0 Å². The molecule has 2 atom stereocenters. The van der Waals surface area contributed by atoms with Gasteiger partial charge < -0.3 is 10.6 Å². The number of rotatable bonds is 5. The molecule has 0 saturated carbocycles. The highest BCUT2D eigenvalue weighted by Crippen LogP contribution is 2.25. The molecule has 1 fully saturated rings. The van der Waals surface area contributed by atoms with Gasteiger partial charge in [-0.05, 0) is 38.9 Å². The number of hydrogen-bond donors (Lipinski definition) is 1. The second kappa shape index (κ2) is 7.04. The molecule has 1 aliphatic rings. The first-order valence-electron chi connectivity index (χ1n) is 7.40. The van der Waals surface area contributed by atoms with Crippen LogP contribution in [0.5, 0.6) is 0 Å². The molecule has 1 aromatic rings. The first kappa shape index (κ1) is 14.5. The molecule has 0 bridgehead atoms. The van der Waals surface area contributed by atoms with E-state index in [4.69, 9.17) is 5.73 Å². The van der Waals surface area contributed by atoms with Crippen LogP contribution < -0.4 is 5.73 Å². The van der Waals surface area contributed by atoms with E-state index in [1.54, 1.807) is 0 Å². The van der Waals surface area contributed by atoms with Gasteiger partial charge in [-0.25, -0.2) is 0 Å². The van der Waals surface area contributed by atoms with Gasteiger partial charge in [0.25, 0.3) is 0 Å². The Morgan fingerprint density at radius 1 is 1.26 bits per heavy atom. The SMILES string of the molecule is CC(N)CCCN1CCN(C)CC1c1ccccc1. The van der Waals surface area contributed by atoms with Gasteiger partial charge in [-0.15, -0.1) is 0 Å². The maximum Gasteiger partial charge on any atom is 0.0475 e. The highest BCUT2D eigenvalue weighted by atomic mass is 15.3. The number of piperazine rings is 1. The molecule has 3 nitrogen and oxygen atoms in total. The monoisotopic (exact) mass is 261 g/mol. The molecule has 1 saturated heterocycles. The van der Waals surface area contributed by atoms with E-state index in [-0.39, 0.29) is 0 Å². The van der Waals surface area contributed by atoms with Crippen LogP contribution >= 0.6 is 0 Å². The van der Waals surface area contributed by atoms with Crippen LogP contribution in [0.3, 0.4) is 0 Å². The van der Waals surface area contributed by atoms with E-state index in [0.717, 1.165) is 26.1 Å². The first-order valence-corrected chi connectivity index (χ1v) is 7.40. The van der Waals surface area contributed by atoms with E-state index in [2.05, 4.69) is 54.1 Å². The Kier molecular flexibility index (Phi) is 5.37. The van der Waals surface area contributed by atoms with E-state index in [1.807, 2.05) is 0 Å². The predicted octanol–water partition coefficient (Wildman–Crippen LogP) is 2.10. The second-order valence-corrected chi connectivity index (χ2v) is 5.84. The lowest BCUT2D eigenvalue weighted by Crippen LogP contribution is -2.47. The normalized spacial score (nSPS) is 23.4. The molecule has 2 N–H and O–H groups in total. The van der Waals surface area contributed by atoms with Crippen LogP contribution in [0.25, 0.3) is 0 Å². The summed E-state index contributed by atoms with van der Waals surface area (Å²) in [6.07, 6.45) is 2.32. The molecule has 1 aromatic carbocycles. The Morgan fingerprint density at radius 2 is 2.00 bits per heavy atom. The Bertz CT molecular complexity index is 364. The highest BCUT2D eigenvalue weighted by Gasteiger charge is 2.25. The van der Waals surface area contributed by atoms with Crippen molar-refractivity contribution in [3.63, 3.8) is 0 Å². The maximum atomic E-state index is 5.85. The summed E-state index contributed by atoms with van der Waals surface area (Å²) in [4.78, 5) is 5.05. The van der Waals surface area contributed by atoms with Crippen LogP contribution in [-0.2, 0) is 0 Å². The molecule has 0 aliphatic carbocycles. The summed E-state index contributed by atoms with van der Waals surface area (Å²) in [6.45, 7) is 6.71. The van der Waals surface area contributed by atoms with Gasteiger partial charge in [0, 0.05) is 31.7 Å². The topological polar surface area (TPSA) is 32.5 Å². The molecule has 3 heteroatoms. The fourth-order valence-corrected chi connectivity index (χ4v) is 2.83. The summed E-state index contributed by atoms with van der Waals surface area (Å²) in [5.41, 5.74) is 7.29. The first-order chi connectivity index (χ1) is 9.16. The zero-order valence-corrected chi connectivity index (χ0v) is 12.3. The minimum Gasteiger partial charge on any atom is -0.328 e. The minimum atomic E-state index is 0.322. The lowest BCUT2D eigenvalue weighted by Gasteiger charge is -2.40. The van der Waals surface area contributed by atoms with E-state index in [1.165, 1.54) is 18.5 Å². The molecular weight excluding hydrogens is 234 g/mol. The molecule has 1 heterocycles. The van der Waals surface area contributed by atoms with Crippen molar-refractivity contribution >= 4 is 0 Å². The number of hydrogen-bond acceptors (Lipinski definition) is 3. The van der Waals surface area contributed by atoms with Crippen LogP contribution in [0.4, 0.5) is 0 Å². The van der Waals surface area contributed by atoms with Crippen LogP contribution in [0, 0.1) is 0 Å². The van der Waals surface area contributed by atoms with Gasteiger partial charge in [0.2, 0.25) is 0 Å². The van der Waals surface area contributed by atoms with Crippen molar-refractivity contribution in [2.24, 2.45) is 5.73 Å². The molecule has 2 unspecified atom stereocenters. The van der Waals surface area contributed by atoms with Gasteiger partial charge in [0.15, 0.2) is 0 Å². The fourth-order valence-electron chi connectivity index (χ4n) is 2.83. The zero-order chi connectivity index (χ0) is 13.7. The van der Waals surface area contributed by atoms with E-state index >= 15 is 0 Å². The second-order valence-electron chi connectivity index (χ2n) is 5.84. The minimum absolute atomic E-state index is 0.322. The lowest BCUT2D eigenvalue weighted by atomic mass is 10.0. The molecule has 106 valence electrons. The maximum absolute atomic E-state index is 5.85. The number of benzene rings is 1. The van der Waals surface area contributed by atoms with E-state index in [0.29, 0.717) is 12.1 Å². The van der Waals surface area contributed by atoms with Gasteiger partial charge >= 0.3 is 0 Å². The van der Waals surface area contributed by atoms with E-state index in [9.17, 15) is 0 Å².